The van der Waals surface area contributed by atoms with Gasteiger partial charge >= 0.3 is 0 Å². The van der Waals surface area contributed by atoms with Gasteiger partial charge in [-0.05, 0) is 50.1 Å². The summed E-state index contributed by atoms with van der Waals surface area (Å²) >= 11 is 0. The molecule has 5 nitrogen and oxygen atoms in total. The first-order chi connectivity index (χ1) is 19.7. The van der Waals surface area contributed by atoms with Gasteiger partial charge in [0.15, 0.2) is 59.0 Å². The zero-order valence-electron chi connectivity index (χ0n) is 23.5. The van der Waals surface area contributed by atoms with E-state index in [0.29, 0.717) is 49.5 Å². The van der Waals surface area contributed by atoms with Crippen molar-refractivity contribution in [2.24, 2.45) is 0 Å². The molecule has 0 aliphatic carbocycles. The molecule has 0 bridgehead atoms. The molecule has 0 radical (unpaired) electrons. The van der Waals surface area contributed by atoms with E-state index in [4.69, 9.17) is 18.9 Å². The number of methoxy groups -OCH3 is 1. The second-order valence-corrected chi connectivity index (χ2v) is 9.47. The molecule has 0 atom stereocenters. The van der Waals surface area contributed by atoms with Gasteiger partial charge in [0.1, 0.15) is 6.61 Å². The molecule has 2 heterocycles. The molecule has 0 unspecified atom stereocenters. The van der Waals surface area contributed by atoms with Crippen LogP contribution in [-0.4, -0.2) is 20.3 Å². The van der Waals surface area contributed by atoms with E-state index in [1.165, 1.54) is 7.11 Å². The first kappa shape index (κ1) is 31.2. The van der Waals surface area contributed by atoms with Gasteiger partial charge in [0, 0.05) is 17.4 Å². The maximum atomic E-state index is 14.4. The fourth-order valence-corrected chi connectivity index (χ4v) is 5.38. The molecule has 1 aromatic heterocycles. The summed E-state index contributed by atoms with van der Waals surface area (Å²) in [6.07, 6.45) is 3.20. The van der Waals surface area contributed by atoms with Crippen molar-refractivity contribution >= 4 is 10.8 Å². The van der Waals surface area contributed by atoms with Gasteiger partial charge in [-0.3, -0.25) is 0 Å². The Morgan fingerprint density at radius 2 is 1.36 bits per heavy atom. The maximum absolute atomic E-state index is 14.4. The van der Waals surface area contributed by atoms with Gasteiger partial charge in [-0.2, -0.15) is 4.57 Å². The number of fused-ring (bicyclic) bond motifs is 4. The van der Waals surface area contributed by atoms with Crippen molar-refractivity contribution in [3.8, 4) is 34.3 Å². The SMILES string of the molecule is CCOc1cc2c(cc1OCC)-c1c(CC)c3ccc(OC)c(OCc4c(F)c(F)c(F)c(F)c4F)c3c[n+]1CC2.[Cl-]. The highest BCUT2D eigenvalue weighted by Gasteiger charge is 2.32. The summed E-state index contributed by atoms with van der Waals surface area (Å²) in [6.45, 7) is 6.54. The van der Waals surface area contributed by atoms with E-state index in [2.05, 4.69) is 4.57 Å². The first-order valence-electron chi connectivity index (χ1n) is 13.4. The minimum atomic E-state index is -2.22. The van der Waals surface area contributed by atoms with Crippen LogP contribution in [0.2, 0.25) is 0 Å². The minimum absolute atomic E-state index is 0. The zero-order valence-corrected chi connectivity index (χ0v) is 24.2. The predicted molar refractivity (Wildman–Crippen MR) is 142 cm³/mol. The van der Waals surface area contributed by atoms with Gasteiger partial charge in [-0.1, -0.05) is 6.92 Å². The normalized spacial score (nSPS) is 11.9. The van der Waals surface area contributed by atoms with Crippen molar-refractivity contribution in [2.75, 3.05) is 20.3 Å². The molecule has 4 aromatic rings. The molecule has 0 fully saturated rings. The van der Waals surface area contributed by atoms with E-state index in [9.17, 15) is 22.0 Å². The van der Waals surface area contributed by atoms with Crippen LogP contribution in [0.25, 0.3) is 22.0 Å². The van der Waals surface area contributed by atoms with Gasteiger partial charge in [0.25, 0.3) is 0 Å². The standard InChI is InChI=1S/C31H29F5NO4.ClH/c1-5-17-18-8-9-22(38-4)31(41-15-21-25(32)27(34)29(36)28(35)26(21)33)20(18)14-37-11-10-16-12-23(39-6-2)24(40-7-3)13-19(16)30(17)37;/h8-9,12-14H,5-7,10-11,15H2,1-4H3;1H/q+1;/p-1. The average Bonchev–Trinajstić information content (AvgIpc) is 2.98. The largest absolute Gasteiger partial charge is 1.00 e. The molecule has 1 aliphatic heterocycles. The Labute approximate surface area is 246 Å². The summed E-state index contributed by atoms with van der Waals surface area (Å²) in [5, 5.41) is 1.37. The summed E-state index contributed by atoms with van der Waals surface area (Å²) in [5.41, 5.74) is 3.02. The minimum Gasteiger partial charge on any atom is -1.00 e. The lowest BCUT2D eigenvalue weighted by Crippen LogP contribution is -3.00. The monoisotopic (exact) mass is 609 g/mol. The molecule has 11 heteroatoms. The molecule has 224 valence electrons. The van der Waals surface area contributed by atoms with E-state index in [0.717, 1.165) is 27.8 Å². The first-order valence-corrected chi connectivity index (χ1v) is 13.4. The Morgan fingerprint density at radius 3 is 1.95 bits per heavy atom. The smallest absolute Gasteiger partial charge is 0.216 e. The Hall–Kier alpha value is -3.79. The number of nitrogens with zero attached hydrogens (tertiary/aromatic N) is 1. The molecule has 0 spiro atoms. The van der Waals surface area contributed by atoms with E-state index in [-0.39, 0.29) is 23.9 Å². The molecule has 1 aliphatic rings. The number of rotatable bonds is 9. The lowest BCUT2D eigenvalue weighted by Gasteiger charge is -2.22. The van der Waals surface area contributed by atoms with Gasteiger partial charge < -0.3 is 31.4 Å². The van der Waals surface area contributed by atoms with Crippen molar-refractivity contribution in [3.05, 3.63) is 76.2 Å². The van der Waals surface area contributed by atoms with Crippen molar-refractivity contribution in [3.63, 3.8) is 0 Å². The van der Waals surface area contributed by atoms with Crippen LogP contribution in [0.15, 0.2) is 30.5 Å². The van der Waals surface area contributed by atoms with Gasteiger partial charge in [-0.15, -0.1) is 0 Å². The van der Waals surface area contributed by atoms with Crippen LogP contribution in [0.3, 0.4) is 0 Å². The van der Waals surface area contributed by atoms with Crippen LogP contribution in [0.1, 0.15) is 37.5 Å². The Morgan fingerprint density at radius 1 is 0.738 bits per heavy atom. The number of hydrogen-bond donors (Lipinski definition) is 0. The molecule has 0 saturated heterocycles. The number of aryl methyl sites for hydroxylation is 3. The summed E-state index contributed by atoms with van der Waals surface area (Å²) in [7, 11) is 1.40. The van der Waals surface area contributed by atoms with Crippen LogP contribution in [0.4, 0.5) is 22.0 Å². The number of halogens is 6. The fourth-order valence-electron chi connectivity index (χ4n) is 5.38. The molecule has 0 amide bonds. The Balaban J connectivity index is 0.00000405. The van der Waals surface area contributed by atoms with Crippen molar-refractivity contribution in [1.82, 2.24) is 0 Å². The fraction of sp³-hybridized carbons (Fsp3) is 0.323. The molecule has 0 saturated carbocycles. The van der Waals surface area contributed by atoms with Crippen LogP contribution >= 0.6 is 0 Å². The highest BCUT2D eigenvalue weighted by atomic mass is 35.5. The molecular weight excluding hydrogens is 581 g/mol. The molecule has 0 N–H and O–H groups in total. The van der Waals surface area contributed by atoms with Gasteiger partial charge in [0.05, 0.1) is 36.8 Å². The second-order valence-electron chi connectivity index (χ2n) is 9.47. The number of benzene rings is 3. The van der Waals surface area contributed by atoms with Crippen LogP contribution in [-0.2, 0) is 26.0 Å². The van der Waals surface area contributed by atoms with E-state index >= 15 is 0 Å². The molecule has 3 aromatic carbocycles. The van der Waals surface area contributed by atoms with Crippen LogP contribution in [0, 0.1) is 29.1 Å². The summed E-state index contributed by atoms with van der Waals surface area (Å²) < 4.78 is 95.0. The Bertz CT molecular complexity index is 1630. The summed E-state index contributed by atoms with van der Waals surface area (Å²) in [6, 6.07) is 7.53. The zero-order chi connectivity index (χ0) is 29.4. The Kier molecular flexibility index (Phi) is 9.35. The lowest BCUT2D eigenvalue weighted by molar-refractivity contribution is -0.686. The number of aromatic nitrogens is 1. The molecular formula is C31H29ClF5NO4. The number of pyridine rings is 1. The van der Waals surface area contributed by atoms with Gasteiger partial charge in [0.2, 0.25) is 11.5 Å². The quantitative estimate of drug-likeness (QED) is 0.125. The number of hydrogen-bond acceptors (Lipinski definition) is 4. The highest BCUT2D eigenvalue weighted by Crippen LogP contribution is 2.43. The summed E-state index contributed by atoms with van der Waals surface area (Å²) in [4.78, 5) is 0. The predicted octanol–water partition coefficient (Wildman–Crippen LogP) is 4.00. The average molecular weight is 610 g/mol. The topological polar surface area (TPSA) is 40.8 Å². The third-order valence-corrected chi connectivity index (χ3v) is 7.22. The molecule has 42 heavy (non-hydrogen) atoms. The maximum Gasteiger partial charge on any atom is 0.216 e. The van der Waals surface area contributed by atoms with E-state index in [1.54, 1.807) is 6.07 Å². The third kappa shape index (κ3) is 5.17. The van der Waals surface area contributed by atoms with Crippen molar-refractivity contribution in [2.45, 2.75) is 46.8 Å². The lowest BCUT2D eigenvalue weighted by atomic mass is 9.90. The second kappa shape index (κ2) is 12.6. The van der Waals surface area contributed by atoms with Crippen LogP contribution < -0.4 is 35.9 Å². The van der Waals surface area contributed by atoms with E-state index in [1.807, 2.05) is 45.2 Å². The van der Waals surface area contributed by atoms with Crippen molar-refractivity contribution in [1.29, 1.82) is 0 Å². The number of ether oxygens (including phenoxy) is 4. The molecule has 5 rings (SSSR count). The van der Waals surface area contributed by atoms with Crippen molar-refractivity contribution < 1.29 is 57.9 Å². The van der Waals surface area contributed by atoms with E-state index < -0.39 is 41.3 Å². The summed E-state index contributed by atoms with van der Waals surface area (Å²) in [5.74, 6) is -8.43. The van der Waals surface area contributed by atoms with Crippen LogP contribution in [0.5, 0.6) is 23.0 Å². The van der Waals surface area contributed by atoms with Gasteiger partial charge in [-0.25, -0.2) is 22.0 Å². The third-order valence-electron chi connectivity index (χ3n) is 7.22. The highest BCUT2D eigenvalue weighted by molar-refractivity contribution is 5.95.